The fourth-order valence-corrected chi connectivity index (χ4v) is 3.31. The summed E-state index contributed by atoms with van der Waals surface area (Å²) in [5, 5.41) is 15.4. The zero-order valence-electron chi connectivity index (χ0n) is 12.5. The van der Waals surface area contributed by atoms with Crippen LogP contribution in [0.4, 0.5) is 5.13 Å². The molecule has 0 unspecified atom stereocenters. The van der Waals surface area contributed by atoms with Crippen molar-refractivity contribution >= 4 is 45.7 Å². The number of amides is 1. The number of halogens is 1. The maximum atomic E-state index is 11.8. The number of hydrogen-bond donors (Lipinski definition) is 2. The van der Waals surface area contributed by atoms with Gasteiger partial charge in [0.1, 0.15) is 0 Å². The van der Waals surface area contributed by atoms with Crippen molar-refractivity contribution in [2.45, 2.75) is 10.9 Å². The number of hydrogen-bond acceptors (Lipinski definition) is 7. The molecule has 1 aromatic carbocycles. The molecule has 9 heteroatoms. The lowest BCUT2D eigenvalue weighted by Gasteiger charge is -2.04. The van der Waals surface area contributed by atoms with Gasteiger partial charge in [0.05, 0.1) is 12.4 Å². The number of nitrogens with one attached hydrogen (secondary N) is 2. The number of carbonyl (C=O) groups is 1. The summed E-state index contributed by atoms with van der Waals surface area (Å²) in [6.45, 7) is 1.77. The van der Waals surface area contributed by atoms with Crippen molar-refractivity contribution < 1.29 is 9.53 Å². The standard InChI is InChI=1S/C14H17ClN4O2S2/c1-21-7-6-16-13-18-19-14(23-13)22-9-12(20)17-8-10-2-4-11(15)5-3-10/h2-5H,6-9H2,1H3,(H,16,18)(H,17,20). The van der Waals surface area contributed by atoms with Gasteiger partial charge in [0, 0.05) is 25.2 Å². The van der Waals surface area contributed by atoms with E-state index in [2.05, 4.69) is 20.8 Å². The van der Waals surface area contributed by atoms with Crippen molar-refractivity contribution in [2.24, 2.45) is 0 Å². The number of rotatable bonds is 9. The van der Waals surface area contributed by atoms with E-state index in [1.807, 2.05) is 12.1 Å². The number of thioether (sulfide) groups is 1. The zero-order valence-corrected chi connectivity index (χ0v) is 14.9. The number of nitrogens with zero attached hydrogens (tertiary/aromatic N) is 2. The lowest BCUT2D eigenvalue weighted by Crippen LogP contribution is -2.24. The molecule has 0 aliphatic carbocycles. The average molecular weight is 373 g/mol. The Balaban J connectivity index is 1.68. The van der Waals surface area contributed by atoms with Crippen LogP contribution < -0.4 is 10.6 Å². The normalized spacial score (nSPS) is 10.5. The van der Waals surface area contributed by atoms with Gasteiger partial charge in [-0.3, -0.25) is 4.79 Å². The Kier molecular flexibility index (Phi) is 7.60. The van der Waals surface area contributed by atoms with Gasteiger partial charge >= 0.3 is 0 Å². The number of carbonyl (C=O) groups excluding carboxylic acids is 1. The lowest BCUT2D eigenvalue weighted by molar-refractivity contribution is -0.118. The first-order valence-electron chi connectivity index (χ1n) is 6.87. The summed E-state index contributed by atoms with van der Waals surface area (Å²) in [5.74, 6) is 0.259. The number of aromatic nitrogens is 2. The molecule has 2 aromatic rings. The second kappa shape index (κ2) is 9.71. The summed E-state index contributed by atoms with van der Waals surface area (Å²) < 4.78 is 5.70. The topological polar surface area (TPSA) is 76.1 Å². The van der Waals surface area contributed by atoms with Crippen LogP contribution in [0.2, 0.25) is 5.02 Å². The number of methoxy groups -OCH3 is 1. The Morgan fingerprint density at radius 3 is 2.87 bits per heavy atom. The van der Waals surface area contributed by atoms with Crippen molar-refractivity contribution in [3.63, 3.8) is 0 Å². The average Bonchev–Trinajstić information content (AvgIpc) is 3.00. The molecule has 23 heavy (non-hydrogen) atoms. The fraction of sp³-hybridized carbons (Fsp3) is 0.357. The minimum Gasteiger partial charge on any atom is -0.383 e. The summed E-state index contributed by atoms with van der Waals surface area (Å²) >= 11 is 8.61. The van der Waals surface area contributed by atoms with Crippen LogP contribution in [0.25, 0.3) is 0 Å². The van der Waals surface area contributed by atoms with Crippen molar-refractivity contribution in [2.75, 3.05) is 31.3 Å². The quantitative estimate of drug-likeness (QED) is 0.520. The molecular weight excluding hydrogens is 356 g/mol. The van der Waals surface area contributed by atoms with Gasteiger partial charge in [-0.05, 0) is 17.7 Å². The van der Waals surface area contributed by atoms with E-state index in [0.29, 0.717) is 30.5 Å². The van der Waals surface area contributed by atoms with Gasteiger partial charge < -0.3 is 15.4 Å². The highest BCUT2D eigenvalue weighted by Gasteiger charge is 2.08. The SMILES string of the molecule is COCCNc1nnc(SCC(=O)NCc2ccc(Cl)cc2)s1. The second-order valence-electron chi connectivity index (χ2n) is 4.48. The lowest BCUT2D eigenvalue weighted by atomic mass is 10.2. The second-order valence-corrected chi connectivity index (χ2v) is 7.12. The van der Waals surface area contributed by atoms with Gasteiger partial charge in [0.25, 0.3) is 0 Å². The predicted octanol–water partition coefficient (Wildman–Crippen LogP) is 2.66. The van der Waals surface area contributed by atoms with Crippen molar-refractivity contribution in [1.29, 1.82) is 0 Å². The van der Waals surface area contributed by atoms with E-state index in [-0.39, 0.29) is 5.91 Å². The summed E-state index contributed by atoms with van der Waals surface area (Å²) in [5.41, 5.74) is 1.01. The van der Waals surface area contributed by atoms with Crippen molar-refractivity contribution in [3.05, 3.63) is 34.9 Å². The Labute approximate surface area is 148 Å². The van der Waals surface area contributed by atoms with Crippen LogP contribution >= 0.6 is 34.7 Å². The van der Waals surface area contributed by atoms with Crippen LogP contribution in [-0.4, -0.2) is 42.1 Å². The Hall–Kier alpha value is -1.35. The first-order valence-corrected chi connectivity index (χ1v) is 9.05. The Bertz CT molecular complexity index is 621. The molecule has 0 spiro atoms. The van der Waals surface area contributed by atoms with E-state index in [1.54, 1.807) is 19.2 Å². The highest BCUT2D eigenvalue weighted by Crippen LogP contribution is 2.25. The third-order valence-electron chi connectivity index (χ3n) is 2.72. The smallest absolute Gasteiger partial charge is 0.230 e. The number of anilines is 1. The minimum absolute atomic E-state index is 0.0472. The van der Waals surface area contributed by atoms with Crippen LogP contribution in [0.15, 0.2) is 28.6 Å². The van der Waals surface area contributed by atoms with Gasteiger partial charge in [-0.15, -0.1) is 10.2 Å². The van der Waals surface area contributed by atoms with E-state index < -0.39 is 0 Å². The van der Waals surface area contributed by atoms with E-state index >= 15 is 0 Å². The molecule has 2 N–H and O–H groups in total. The summed E-state index contributed by atoms with van der Waals surface area (Å²) in [7, 11) is 1.64. The molecule has 0 bridgehead atoms. The van der Waals surface area contributed by atoms with Crippen LogP contribution in [0.3, 0.4) is 0 Å². The van der Waals surface area contributed by atoms with Crippen LogP contribution in [-0.2, 0) is 16.1 Å². The molecule has 2 rings (SSSR count). The molecule has 6 nitrogen and oxygen atoms in total. The molecule has 124 valence electrons. The Morgan fingerprint density at radius 1 is 1.35 bits per heavy atom. The highest BCUT2D eigenvalue weighted by molar-refractivity contribution is 8.01. The number of ether oxygens (including phenoxy) is 1. The molecule has 0 fully saturated rings. The first-order chi connectivity index (χ1) is 11.2. The van der Waals surface area contributed by atoms with Gasteiger partial charge in [-0.25, -0.2) is 0 Å². The largest absolute Gasteiger partial charge is 0.383 e. The van der Waals surface area contributed by atoms with E-state index in [9.17, 15) is 4.79 Å². The molecule has 0 saturated carbocycles. The van der Waals surface area contributed by atoms with Crippen LogP contribution in [0.5, 0.6) is 0 Å². The van der Waals surface area contributed by atoms with Gasteiger partial charge in [-0.2, -0.15) is 0 Å². The summed E-state index contributed by atoms with van der Waals surface area (Å²) in [6, 6.07) is 7.38. The molecule has 1 amide bonds. The van der Waals surface area contributed by atoms with Gasteiger partial charge in [-0.1, -0.05) is 46.8 Å². The monoisotopic (exact) mass is 372 g/mol. The minimum atomic E-state index is -0.0472. The highest BCUT2D eigenvalue weighted by atomic mass is 35.5. The summed E-state index contributed by atoms with van der Waals surface area (Å²) in [4.78, 5) is 11.8. The molecule has 1 heterocycles. The molecule has 0 aliphatic heterocycles. The van der Waals surface area contributed by atoms with Crippen molar-refractivity contribution in [3.8, 4) is 0 Å². The Morgan fingerprint density at radius 2 is 2.13 bits per heavy atom. The van der Waals surface area contributed by atoms with Crippen LogP contribution in [0, 0.1) is 0 Å². The molecule has 0 aliphatic rings. The first kappa shape index (κ1) is 18.0. The van der Waals surface area contributed by atoms with E-state index in [1.165, 1.54) is 23.1 Å². The molecule has 0 saturated heterocycles. The van der Waals surface area contributed by atoms with Gasteiger partial charge in [0.2, 0.25) is 11.0 Å². The number of benzene rings is 1. The summed E-state index contributed by atoms with van der Waals surface area (Å²) in [6.07, 6.45) is 0. The van der Waals surface area contributed by atoms with E-state index in [0.717, 1.165) is 15.0 Å². The van der Waals surface area contributed by atoms with Crippen molar-refractivity contribution in [1.82, 2.24) is 15.5 Å². The third kappa shape index (κ3) is 6.74. The molecule has 0 radical (unpaired) electrons. The molecule has 1 aromatic heterocycles. The maximum Gasteiger partial charge on any atom is 0.230 e. The van der Waals surface area contributed by atoms with E-state index in [4.69, 9.17) is 16.3 Å². The fourth-order valence-electron chi connectivity index (χ4n) is 1.58. The van der Waals surface area contributed by atoms with Crippen LogP contribution in [0.1, 0.15) is 5.56 Å². The maximum absolute atomic E-state index is 11.8. The third-order valence-corrected chi connectivity index (χ3v) is 4.98. The molecule has 0 atom stereocenters. The zero-order chi connectivity index (χ0) is 16.5. The predicted molar refractivity (Wildman–Crippen MR) is 94.3 cm³/mol. The van der Waals surface area contributed by atoms with Gasteiger partial charge in [0.15, 0.2) is 4.34 Å². The molecular formula is C14H17ClN4O2S2.